The first-order chi connectivity index (χ1) is 25.0. The summed E-state index contributed by atoms with van der Waals surface area (Å²) >= 11 is 0. The minimum atomic E-state index is -0.0887. The molecule has 1 aliphatic rings. The maximum Gasteiger partial charge on any atom is 0.143 e. The van der Waals surface area contributed by atoms with Crippen LogP contribution in [0.3, 0.4) is 0 Å². The first-order valence-corrected chi connectivity index (χ1v) is 17.7. The van der Waals surface area contributed by atoms with E-state index < -0.39 is 0 Å². The van der Waals surface area contributed by atoms with Gasteiger partial charge in [0.2, 0.25) is 0 Å². The molecule has 0 radical (unpaired) electrons. The fourth-order valence-electron chi connectivity index (χ4n) is 8.31. The van der Waals surface area contributed by atoms with Crippen LogP contribution >= 0.6 is 0 Å². The van der Waals surface area contributed by atoms with Gasteiger partial charge in [-0.2, -0.15) is 0 Å². The Morgan fingerprint density at radius 1 is 0.431 bits per heavy atom. The minimum absolute atomic E-state index is 0.0887. The lowest BCUT2D eigenvalue weighted by atomic mass is 9.81. The number of para-hydroxylation sites is 1. The molecule has 242 valence electrons. The Morgan fingerprint density at radius 3 is 1.88 bits per heavy atom. The van der Waals surface area contributed by atoms with E-state index in [9.17, 15) is 0 Å². The molecular weight excluding hydrogens is 619 g/mol. The lowest BCUT2D eigenvalue weighted by Crippen LogP contribution is -2.14. The molecule has 9 aromatic rings. The zero-order valence-corrected chi connectivity index (χ0v) is 28.6. The molecule has 0 fully saturated rings. The third-order valence-electron chi connectivity index (χ3n) is 10.8. The summed E-state index contributed by atoms with van der Waals surface area (Å²) in [4.78, 5) is 2.33. The van der Waals surface area contributed by atoms with Crippen molar-refractivity contribution < 1.29 is 4.42 Å². The number of rotatable bonds is 5. The molecule has 1 aliphatic carbocycles. The zero-order valence-electron chi connectivity index (χ0n) is 28.6. The maximum absolute atomic E-state index is 6.87. The molecule has 1 aromatic heterocycles. The van der Waals surface area contributed by atoms with Crippen molar-refractivity contribution in [2.45, 2.75) is 19.3 Å². The summed E-state index contributed by atoms with van der Waals surface area (Å²) in [7, 11) is 0. The lowest BCUT2D eigenvalue weighted by molar-refractivity contribution is 0.660. The third-order valence-corrected chi connectivity index (χ3v) is 10.8. The molecular formula is C49H35NO. The first kappa shape index (κ1) is 29.5. The smallest absolute Gasteiger partial charge is 0.143 e. The highest BCUT2D eigenvalue weighted by Crippen LogP contribution is 2.51. The molecule has 2 nitrogen and oxygen atoms in total. The predicted octanol–water partition coefficient (Wildman–Crippen LogP) is 13.8. The fourth-order valence-corrected chi connectivity index (χ4v) is 8.31. The van der Waals surface area contributed by atoms with Crippen LogP contribution in [0.2, 0.25) is 0 Å². The molecule has 0 amide bonds. The molecule has 0 spiro atoms. The molecule has 10 rings (SSSR count). The Kier molecular flexibility index (Phi) is 6.56. The van der Waals surface area contributed by atoms with Crippen LogP contribution < -0.4 is 4.90 Å². The highest BCUT2D eigenvalue weighted by Gasteiger charge is 2.35. The Balaban J connectivity index is 1.16. The summed E-state index contributed by atoms with van der Waals surface area (Å²) in [5, 5.41) is 4.62. The summed E-state index contributed by atoms with van der Waals surface area (Å²) < 4.78 is 6.87. The Bertz CT molecular complexity index is 2760. The summed E-state index contributed by atoms with van der Waals surface area (Å²) in [6, 6.07) is 63.4. The second-order valence-electron chi connectivity index (χ2n) is 14.1. The predicted molar refractivity (Wildman–Crippen MR) is 214 cm³/mol. The average Bonchev–Trinajstić information content (AvgIpc) is 3.66. The van der Waals surface area contributed by atoms with Crippen molar-refractivity contribution in [1.29, 1.82) is 0 Å². The molecule has 0 bridgehead atoms. The largest absolute Gasteiger partial charge is 0.455 e. The number of benzene rings is 8. The van der Waals surface area contributed by atoms with Crippen LogP contribution in [0, 0.1) is 0 Å². The van der Waals surface area contributed by atoms with E-state index in [-0.39, 0.29) is 5.41 Å². The van der Waals surface area contributed by atoms with Crippen LogP contribution in [-0.2, 0) is 5.41 Å². The van der Waals surface area contributed by atoms with Gasteiger partial charge < -0.3 is 9.32 Å². The van der Waals surface area contributed by atoms with E-state index in [1.165, 1.54) is 49.7 Å². The van der Waals surface area contributed by atoms with Gasteiger partial charge in [-0.15, -0.1) is 0 Å². The van der Waals surface area contributed by atoms with Gasteiger partial charge in [0.1, 0.15) is 11.2 Å². The van der Waals surface area contributed by atoms with Gasteiger partial charge >= 0.3 is 0 Å². The van der Waals surface area contributed by atoms with Gasteiger partial charge in [-0.25, -0.2) is 0 Å². The van der Waals surface area contributed by atoms with Crippen LogP contribution in [0.15, 0.2) is 180 Å². The molecule has 1 heterocycles. The molecule has 2 heteroatoms. The maximum atomic E-state index is 6.87. The van der Waals surface area contributed by atoms with Crippen molar-refractivity contribution in [1.82, 2.24) is 0 Å². The second kappa shape index (κ2) is 11.3. The lowest BCUT2D eigenvalue weighted by Gasteiger charge is -2.25. The van der Waals surface area contributed by atoms with E-state index in [1.54, 1.807) is 0 Å². The molecule has 0 saturated carbocycles. The number of hydrogen-bond donors (Lipinski definition) is 0. The average molecular weight is 654 g/mol. The molecule has 51 heavy (non-hydrogen) atoms. The van der Waals surface area contributed by atoms with Crippen LogP contribution in [0.1, 0.15) is 25.0 Å². The van der Waals surface area contributed by atoms with E-state index in [1.807, 2.05) is 0 Å². The number of fused-ring (bicyclic) bond motifs is 7. The van der Waals surface area contributed by atoms with Crippen molar-refractivity contribution in [2.75, 3.05) is 4.90 Å². The fraction of sp³-hybridized carbons (Fsp3) is 0.0612. The van der Waals surface area contributed by atoms with Gasteiger partial charge in [-0.1, -0.05) is 135 Å². The third kappa shape index (κ3) is 4.64. The standard InChI is InChI=1S/C49H35NO/c1-49(2)44-20-12-11-19-40(44)41-27-23-35(30-45(41)49)47-39-18-10-9-15-34(39)29-43-42-31-38(26-28-46(42)51-48(43)47)50(36-16-7-4-8-17-36)37-24-21-33(22-25-37)32-13-5-3-6-14-32/h3-31H,1-2H3. The molecule has 8 aromatic carbocycles. The van der Waals surface area contributed by atoms with Gasteiger partial charge in [-0.05, 0) is 104 Å². The van der Waals surface area contributed by atoms with Crippen molar-refractivity contribution in [3.63, 3.8) is 0 Å². The summed E-state index contributed by atoms with van der Waals surface area (Å²) in [6.07, 6.45) is 0. The van der Waals surface area contributed by atoms with Crippen LogP contribution in [0.4, 0.5) is 17.1 Å². The SMILES string of the molecule is CC1(C)c2ccccc2-c2ccc(-c3c4ccccc4cc4c3oc3ccc(N(c5ccccc5)c5ccc(-c6ccccc6)cc5)cc34)cc21. The van der Waals surface area contributed by atoms with Gasteiger partial charge in [-0.3, -0.25) is 0 Å². The molecule has 0 unspecified atom stereocenters. The monoisotopic (exact) mass is 653 g/mol. The van der Waals surface area contributed by atoms with Crippen molar-refractivity contribution >= 4 is 49.8 Å². The van der Waals surface area contributed by atoms with Gasteiger partial charge in [0.15, 0.2) is 0 Å². The summed E-state index contributed by atoms with van der Waals surface area (Å²) in [5.41, 5.74) is 15.1. The quantitative estimate of drug-likeness (QED) is 0.184. The zero-order chi connectivity index (χ0) is 34.1. The van der Waals surface area contributed by atoms with E-state index in [0.717, 1.165) is 44.6 Å². The van der Waals surface area contributed by atoms with Gasteiger partial charge in [0.05, 0.1) is 0 Å². The molecule has 0 atom stereocenters. The van der Waals surface area contributed by atoms with E-state index >= 15 is 0 Å². The van der Waals surface area contributed by atoms with Gasteiger partial charge in [0.25, 0.3) is 0 Å². The molecule has 0 N–H and O–H groups in total. The number of anilines is 3. The van der Waals surface area contributed by atoms with Gasteiger partial charge in [0, 0.05) is 38.8 Å². The van der Waals surface area contributed by atoms with E-state index in [2.05, 4.69) is 195 Å². The van der Waals surface area contributed by atoms with Crippen molar-refractivity contribution in [2.24, 2.45) is 0 Å². The second-order valence-corrected chi connectivity index (χ2v) is 14.1. The molecule has 0 aliphatic heterocycles. The van der Waals surface area contributed by atoms with Crippen LogP contribution in [0.5, 0.6) is 0 Å². The highest BCUT2D eigenvalue weighted by atomic mass is 16.3. The number of furan rings is 1. The number of nitrogens with zero attached hydrogens (tertiary/aromatic N) is 1. The topological polar surface area (TPSA) is 16.4 Å². The summed E-state index contributed by atoms with van der Waals surface area (Å²) in [6.45, 7) is 4.69. The van der Waals surface area contributed by atoms with Crippen LogP contribution in [0.25, 0.3) is 66.1 Å². The first-order valence-electron chi connectivity index (χ1n) is 17.7. The van der Waals surface area contributed by atoms with Crippen molar-refractivity contribution in [3.05, 3.63) is 187 Å². The summed E-state index contributed by atoms with van der Waals surface area (Å²) in [5.74, 6) is 0. The normalized spacial score (nSPS) is 13.1. The molecule has 0 saturated heterocycles. The highest BCUT2D eigenvalue weighted by molar-refractivity contribution is 6.19. The van der Waals surface area contributed by atoms with E-state index in [0.29, 0.717) is 0 Å². The van der Waals surface area contributed by atoms with Crippen molar-refractivity contribution in [3.8, 4) is 33.4 Å². The van der Waals surface area contributed by atoms with E-state index in [4.69, 9.17) is 4.42 Å². The Labute approximate surface area is 297 Å². The minimum Gasteiger partial charge on any atom is -0.455 e. The Morgan fingerprint density at radius 2 is 1.06 bits per heavy atom. The Hall–Kier alpha value is -6.38. The number of hydrogen-bond acceptors (Lipinski definition) is 2. The van der Waals surface area contributed by atoms with Crippen LogP contribution in [-0.4, -0.2) is 0 Å².